The van der Waals surface area contributed by atoms with E-state index in [0.29, 0.717) is 24.2 Å². The third kappa shape index (κ3) is 2.37. The molecule has 2 nitrogen and oxygen atoms in total. The molecule has 0 heterocycles. The van der Waals surface area contributed by atoms with Gasteiger partial charge < -0.3 is 5.73 Å². The van der Waals surface area contributed by atoms with E-state index in [1.165, 1.54) is 5.56 Å². The number of benzene rings is 1. The van der Waals surface area contributed by atoms with Crippen LogP contribution in [0.15, 0.2) is 30.3 Å². The summed E-state index contributed by atoms with van der Waals surface area (Å²) in [5.74, 6) is 0.878. The van der Waals surface area contributed by atoms with Crippen molar-refractivity contribution >= 4 is 5.91 Å². The molecule has 4 fully saturated rings. The van der Waals surface area contributed by atoms with Gasteiger partial charge in [0.2, 0.25) is 12.3 Å². The Morgan fingerprint density at radius 1 is 1.12 bits per heavy atom. The van der Waals surface area contributed by atoms with Crippen molar-refractivity contribution in [1.29, 1.82) is 0 Å². The highest BCUT2D eigenvalue weighted by Gasteiger charge is 2.63. The minimum absolute atomic E-state index is 0.0143. The summed E-state index contributed by atoms with van der Waals surface area (Å²) < 4.78 is 25.4. The molecule has 4 bridgehead atoms. The number of alkyl halides is 2. The summed E-state index contributed by atoms with van der Waals surface area (Å²) >= 11 is 0. The lowest BCUT2D eigenvalue weighted by molar-refractivity contribution is -0.155. The van der Waals surface area contributed by atoms with Crippen LogP contribution < -0.4 is 5.73 Å². The highest BCUT2D eigenvalue weighted by atomic mass is 19.3. The van der Waals surface area contributed by atoms with Crippen LogP contribution in [0, 0.1) is 23.2 Å². The Hall–Kier alpha value is -1.45. The van der Waals surface area contributed by atoms with E-state index in [4.69, 9.17) is 5.73 Å². The zero-order valence-electron chi connectivity index (χ0n) is 13.9. The maximum absolute atomic E-state index is 12.7. The average Bonchev–Trinajstić information content (AvgIpc) is 2.54. The summed E-state index contributed by atoms with van der Waals surface area (Å²) in [5.41, 5.74) is 6.74. The number of halogens is 2. The fourth-order valence-electron chi connectivity index (χ4n) is 6.45. The molecule has 0 saturated heterocycles. The van der Waals surface area contributed by atoms with E-state index >= 15 is 0 Å². The number of rotatable bonds is 5. The number of carbonyl (C=O) groups excluding carboxylic acids is 1. The largest absolute Gasteiger partial charge is 0.369 e. The van der Waals surface area contributed by atoms with Gasteiger partial charge in [-0.1, -0.05) is 30.3 Å². The molecule has 5 rings (SSSR count). The first-order valence-electron chi connectivity index (χ1n) is 9.08. The fourth-order valence-corrected chi connectivity index (χ4v) is 6.45. The molecule has 0 aliphatic heterocycles. The van der Waals surface area contributed by atoms with E-state index in [-0.39, 0.29) is 17.7 Å². The minimum atomic E-state index is -2.23. The zero-order chi connectivity index (χ0) is 16.9. The predicted molar refractivity (Wildman–Crippen MR) is 88.5 cm³/mol. The number of hydrogen-bond donors (Lipinski definition) is 1. The third-order valence-electron chi connectivity index (χ3n) is 7.13. The molecule has 4 aliphatic rings. The number of amides is 1. The Bertz CT molecular complexity index is 614. The van der Waals surface area contributed by atoms with Crippen LogP contribution in [0.5, 0.6) is 0 Å². The lowest BCUT2D eigenvalue weighted by Crippen LogP contribution is -2.61. The van der Waals surface area contributed by atoms with E-state index in [2.05, 4.69) is 24.3 Å². The van der Waals surface area contributed by atoms with Crippen molar-refractivity contribution in [2.24, 2.45) is 28.9 Å². The van der Waals surface area contributed by atoms with Gasteiger partial charge in [-0.3, -0.25) is 4.79 Å². The fraction of sp³-hybridized carbons (Fsp3) is 0.650. The lowest BCUT2D eigenvalue weighted by Gasteiger charge is -2.64. The Kier molecular flexibility index (Phi) is 3.70. The van der Waals surface area contributed by atoms with Crippen LogP contribution in [0.2, 0.25) is 0 Å². The van der Waals surface area contributed by atoms with Crippen LogP contribution in [0.25, 0.3) is 0 Å². The molecule has 2 N–H and O–H groups in total. The van der Waals surface area contributed by atoms with Gasteiger partial charge in [-0.15, -0.1) is 0 Å². The standard InChI is InChI=1S/C20H25F2NO/c21-17(22)7-6-16-13-8-19(15-4-2-1-3-5-15)9-14(16)11-20(10-13,12-19)18(23)24/h1-5,13-14,16-17H,6-12H2,(H2,23,24). The smallest absolute Gasteiger partial charge is 0.238 e. The van der Waals surface area contributed by atoms with Gasteiger partial charge in [0.25, 0.3) is 0 Å². The zero-order valence-corrected chi connectivity index (χ0v) is 13.9. The first-order chi connectivity index (χ1) is 11.4. The Balaban J connectivity index is 1.68. The molecular formula is C20H25F2NO. The van der Waals surface area contributed by atoms with Crippen LogP contribution in [-0.2, 0) is 10.2 Å². The molecule has 4 saturated carbocycles. The lowest BCUT2D eigenvalue weighted by atomic mass is 9.39. The van der Waals surface area contributed by atoms with Gasteiger partial charge in [-0.25, -0.2) is 8.78 Å². The Labute approximate surface area is 141 Å². The van der Waals surface area contributed by atoms with Crippen molar-refractivity contribution in [2.75, 3.05) is 0 Å². The maximum Gasteiger partial charge on any atom is 0.238 e. The van der Waals surface area contributed by atoms with E-state index in [9.17, 15) is 13.6 Å². The Morgan fingerprint density at radius 2 is 1.75 bits per heavy atom. The van der Waals surface area contributed by atoms with E-state index in [1.807, 2.05) is 6.07 Å². The molecule has 1 amide bonds. The molecular weight excluding hydrogens is 308 g/mol. The summed E-state index contributed by atoms with van der Waals surface area (Å²) in [4.78, 5) is 12.3. The van der Waals surface area contributed by atoms with Crippen molar-refractivity contribution in [3.63, 3.8) is 0 Å². The summed E-state index contributed by atoms with van der Waals surface area (Å²) in [5, 5.41) is 0. The van der Waals surface area contributed by atoms with Crippen molar-refractivity contribution in [3.8, 4) is 0 Å². The van der Waals surface area contributed by atoms with Crippen molar-refractivity contribution in [1.82, 2.24) is 0 Å². The van der Waals surface area contributed by atoms with Gasteiger partial charge in [0, 0.05) is 6.42 Å². The Morgan fingerprint density at radius 3 is 2.29 bits per heavy atom. The average molecular weight is 333 g/mol. The molecule has 4 aliphatic carbocycles. The monoisotopic (exact) mass is 333 g/mol. The molecule has 0 radical (unpaired) electrons. The van der Waals surface area contributed by atoms with Gasteiger partial charge in [0.1, 0.15) is 0 Å². The van der Waals surface area contributed by atoms with Crippen molar-refractivity contribution in [2.45, 2.75) is 56.8 Å². The van der Waals surface area contributed by atoms with Crippen LogP contribution in [0.1, 0.15) is 50.5 Å². The summed E-state index contributed by atoms with van der Waals surface area (Å²) in [6, 6.07) is 10.4. The summed E-state index contributed by atoms with van der Waals surface area (Å²) in [6.07, 6.45) is 2.85. The molecule has 0 aromatic heterocycles. The second-order valence-corrected chi connectivity index (χ2v) is 8.44. The van der Waals surface area contributed by atoms with Gasteiger partial charge in [-0.05, 0) is 67.3 Å². The molecule has 1 aromatic rings. The molecule has 4 heteroatoms. The topological polar surface area (TPSA) is 43.1 Å². The molecule has 1 aromatic carbocycles. The number of carbonyl (C=O) groups is 1. The van der Waals surface area contributed by atoms with Gasteiger partial charge >= 0.3 is 0 Å². The first-order valence-corrected chi connectivity index (χ1v) is 9.08. The first kappa shape index (κ1) is 16.0. The second kappa shape index (κ2) is 5.53. The summed E-state index contributed by atoms with van der Waals surface area (Å²) in [6.45, 7) is 0. The van der Waals surface area contributed by atoms with E-state index < -0.39 is 11.8 Å². The predicted octanol–water partition coefficient (Wildman–Crippen LogP) is 4.28. The van der Waals surface area contributed by atoms with Crippen LogP contribution in [-0.4, -0.2) is 12.3 Å². The normalized spacial score (nSPS) is 40.2. The maximum atomic E-state index is 12.7. The van der Waals surface area contributed by atoms with Gasteiger partial charge in [0.05, 0.1) is 5.41 Å². The molecule has 130 valence electrons. The van der Waals surface area contributed by atoms with Gasteiger partial charge in [0.15, 0.2) is 0 Å². The number of nitrogens with two attached hydrogens (primary N) is 1. The highest BCUT2D eigenvalue weighted by Crippen LogP contribution is 2.68. The second-order valence-electron chi connectivity index (χ2n) is 8.44. The number of hydrogen-bond acceptors (Lipinski definition) is 1. The van der Waals surface area contributed by atoms with E-state index in [0.717, 1.165) is 32.1 Å². The van der Waals surface area contributed by atoms with Crippen LogP contribution in [0.3, 0.4) is 0 Å². The highest BCUT2D eigenvalue weighted by molar-refractivity contribution is 5.81. The van der Waals surface area contributed by atoms with Crippen molar-refractivity contribution in [3.05, 3.63) is 35.9 Å². The SMILES string of the molecule is NC(=O)C12CC3CC(c4ccccc4)(CC(C1)C3CCC(F)F)C2. The molecule has 2 atom stereocenters. The van der Waals surface area contributed by atoms with Crippen LogP contribution >= 0.6 is 0 Å². The minimum Gasteiger partial charge on any atom is -0.369 e. The van der Waals surface area contributed by atoms with E-state index in [1.54, 1.807) is 0 Å². The third-order valence-corrected chi connectivity index (χ3v) is 7.13. The van der Waals surface area contributed by atoms with Crippen LogP contribution in [0.4, 0.5) is 8.78 Å². The molecule has 24 heavy (non-hydrogen) atoms. The summed E-state index contributed by atoms with van der Waals surface area (Å²) in [7, 11) is 0. The van der Waals surface area contributed by atoms with Crippen molar-refractivity contribution < 1.29 is 13.6 Å². The van der Waals surface area contributed by atoms with Gasteiger partial charge in [-0.2, -0.15) is 0 Å². The molecule has 2 unspecified atom stereocenters. The quantitative estimate of drug-likeness (QED) is 0.858. The number of primary amides is 1. The molecule has 0 spiro atoms.